The molecule has 0 radical (unpaired) electrons. The molecule has 1 aromatic carbocycles. The number of benzene rings is 1. The van der Waals surface area contributed by atoms with Crippen molar-refractivity contribution >= 4 is 39.1 Å². The third kappa shape index (κ3) is 3.43. The van der Waals surface area contributed by atoms with Gasteiger partial charge in [-0.15, -0.1) is 0 Å². The number of carbonyl (C=O) groups is 1. The average Bonchev–Trinajstić information content (AvgIpc) is 2.50. The molecule has 0 bridgehead atoms. The van der Waals surface area contributed by atoms with Gasteiger partial charge in [0, 0.05) is 11.8 Å². The number of nitrogens with one attached hydrogen (secondary N) is 1. The Kier molecular flexibility index (Phi) is 4.64. The molecular weight excluding hydrogens is 338 g/mol. The fraction of sp³-hybridized carbons (Fsp3) is 0.143. The first kappa shape index (κ1) is 15.1. The van der Waals surface area contributed by atoms with Gasteiger partial charge in [0.2, 0.25) is 0 Å². The normalized spacial score (nSPS) is 10.0. The molecule has 21 heavy (non-hydrogen) atoms. The number of esters is 1. The number of nitrogen functional groups attached to an aromatic ring is 1. The molecule has 0 amide bonds. The van der Waals surface area contributed by atoms with Gasteiger partial charge >= 0.3 is 5.97 Å². The Morgan fingerprint density at radius 1 is 1.33 bits per heavy atom. The van der Waals surface area contributed by atoms with Crippen LogP contribution >= 0.6 is 15.9 Å². The molecule has 0 saturated heterocycles. The Morgan fingerprint density at radius 3 is 2.76 bits per heavy atom. The van der Waals surface area contributed by atoms with E-state index in [4.69, 9.17) is 15.2 Å². The number of anilines is 3. The zero-order chi connectivity index (χ0) is 15.4. The molecule has 0 atom stereocenters. The SMILES string of the molecule is COC(=O)c1cc(N)cnc1Nc1ccc(Br)c(OC)c1. The summed E-state index contributed by atoms with van der Waals surface area (Å²) in [4.78, 5) is 15.9. The second kappa shape index (κ2) is 6.45. The Bertz CT molecular complexity index is 677. The van der Waals surface area contributed by atoms with Crippen LogP contribution in [0.3, 0.4) is 0 Å². The highest BCUT2D eigenvalue weighted by Crippen LogP contribution is 2.30. The Balaban J connectivity index is 2.37. The number of methoxy groups -OCH3 is 2. The summed E-state index contributed by atoms with van der Waals surface area (Å²) in [7, 11) is 2.88. The number of pyridine rings is 1. The van der Waals surface area contributed by atoms with Gasteiger partial charge in [-0.05, 0) is 34.1 Å². The second-order valence-electron chi connectivity index (χ2n) is 4.13. The van der Waals surface area contributed by atoms with Gasteiger partial charge in [-0.3, -0.25) is 0 Å². The first-order valence-electron chi connectivity index (χ1n) is 5.99. The van der Waals surface area contributed by atoms with E-state index < -0.39 is 5.97 Å². The van der Waals surface area contributed by atoms with Crippen LogP contribution in [0.2, 0.25) is 0 Å². The predicted molar refractivity (Wildman–Crippen MR) is 84.0 cm³/mol. The molecule has 7 heteroatoms. The number of rotatable bonds is 4. The van der Waals surface area contributed by atoms with Gasteiger partial charge in [-0.25, -0.2) is 9.78 Å². The van der Waals surface area contributed by atoms with Crippen LogP contribution in [0.4, 0.5) is 17.2 Å². The van der Waals surface area contributed by atoms with Crippen LogP contribution in [0.25, 0.3) is 0 Å². The zero-order valence-corrected chi connectivity index (χ0v) is 13.1. The Labute approximate surface area is 130 Å². The van der Waals surface area contributed by atoms with Gasteiger partial charge in [-0.1, -0.05) is 0 Å². The lowest BCUT2D eigenvalue weighted by molar-refractivity contribution is 0.0601. The third-order valence-corrected chi connectivity index (χ3v) is 3.38. The van der Waals surface area contributed by atoms with Crippen LogP contribution in [0.5, 0.6) is 5.75 Å². The molecule has 0 spiro atoms. The molecule has 0 saturated carbocycles. The maximum Gasteiger partial charge on any atom is 0.341 e. The molecule has 0 unspecified atom stereocenters. The lowest BCUT2D eigenvalue weighted by Crippen LogP contribution is -2.08. The van der Waals surface area contributed by atoms with Crippen LogP contribution in [0, 0.1) is 0 Å². The molecule has 6 nitrogen and oxygen atoms in total. The third-order valence-electron chi connectivity index (χ3n) is 2.73. The second-order valence-corrected chi connectivity index (χ2v) is 4.99. The molecule has 0 fully saturated rings. The number of hydrogen-bond donors (Lipinski definition) is 2. The number of carbonyl (C=O) groups excluding carboxylic acids is 1. The number of hydrogen-bond acceptors (Lipinski definition) is 6. The molecule has 3 N–H and O–H groups in total. The summed E-state index contributed by atoms with van der Waals surface area (Å²) in [6, 6.07) is 6.95. The Hall–Kier alpha value is -2.28. The smallest absolute Gasteiger partial charge is 0.341 e. The van der Waals surface area contributed by atoms with Crippen molar-refractivity contribution in [3.05, 3.63) is 40.5 Å². The molecule has 1 heterocycles. The van der Waals surface area contributed by atoms with Gasteiger partial charge in [0.15, 0.2) is 0 Å². The number of aromatic nitrogens is 1. The number of ether oxygens (including phenoxy) is 2. The van der Waals surface area contributed by atoms with Crippen molar-refractivity contribution in [2.24, 2.45) is 0 Å². The molecule has 2 aromatic rings. The zero-order valence-electron chi connectivity index (χ0n) is 11.5. The fourth-order valence-electron chi connectivity index (χ4n) is 1.72. The van der Waals surface area contributed by atoms with E-state index in [2.05, 4.69) is 26.2 Å². The highest BCUT2D eigenvalue weighted by Gasteiger charge is 2.14. The summed E-state index contributed by atoms with van der Waals surface area (Å²) in [6.07, 6.45) is 1.46. The van der Waals surface area contributed by atoms with Crippen molar-refractivity contribution in [2.75, 3.05) is 25.3 Å². The van der Waals surface area contributed by atoms with E-state index in [9.17, 15) is 4.79 Å². The lowest BCUT2D eigenvalue weighted by Gasteiger charge is -2.12. The van der Waals surface area contributed by atoms with Crippen LogP contribution in [-0.4, -0.2) is 25.2 Å². The van der Waals surface area contributed by atoms with E-state index in [-0.39, 0.29) is 5.56 Å². The quantitative estimate of drug-likeness (QED) is 0.823. The van der Waals surface area contributed by atoms with Gasteiger partial charge in [0.05, 0.1) is 30.6 Å². The molecule has 110 valence electrons. The van der Waals surface area contributed by atoms with Crippen LogP contribution in [0.15, 0.2) is 34.9 Å². The summed E-state index contributed by atoms with van der Waals surface area (Å²) in [5.41, 5.74) is 7.02. The van der Waals surface area contributed by atoms with E-state index in [1.54, 1.807) is 13.2 Å². The summed E-state index contributed by atoms with van der Waals surface area (Å²) in [6.45, 7) is 0. The van der Waals surface area contributed by atoms with Crippen LogP contribution < -0.4 is 15.8 Å². The lowest BCUT2D eigenvalue weighted by atomic mass is 10.2. The number of halogens is 1. The molecular formula is C14H14BrN3O3. The van der Waals surface area contributed by atoms with Gasteiger partial charge in [0.25, 0.3) is 0 Å². The van der Waals surface area contributed by atoms with Crippen molar-refractivity contribution in [3.8, 4) is 5.75 Å². The summed E-state index contributed by atoms with van der Waals surface area (Å²) in [5, 5.41) is 3.05. The van der Waals surface area contributed by atoms with Crippen molar-refractivity contribution in [1.82, 2.24) is 4.98 Å². The summed E-state index contributed by atoms with van der Waals surface area (Å²) < 4.78 is 10.8. The molecule has 0 aliphatic rings. The van der Waals surface area contributed by atoms with Crippen molar-refractivity contribution in [1.29, 1.82) is 0 Å². The minimum atomic E-state index is -0.513. The topological polar surface area (TPSA) is 86.5 Å². The minimum Gasteiger partial charge on any atom is -0.495 e. The van der Waals surface area contributed by atoms with Crippen LogP contribution in [-0.2, 0) is 4.74 Å². The molecule has 0 aliphatic carbocycles. The van der Waals surface area contributed by atoms with Gasteiger partial charge in [0.1, 0.15) is 17.1 Å². The minimum absolute atomic E-state index is 0.263. The molecule has 0 aliphatic heterocycles. The van der Waals surface area contributed by atoms with Gasteiger partial charge < -0.3 is 20.5 Å². The largest absolute Gasteiger partial charge is 0.495 e. The maximum absolute atomic E-state index is 11.8. The van der Waals surface area contributed by atoms with Gasteiger partial charge in [-0.2, -0.15) is 0 Å². The highest BCUT2D eigenvalue weighted by molar-refractivity contribution is 9.10. The van der Waals surface area contributed by atoms with E-state index in [0.717, 1.165) is 10.2 Å². The summed E-state index contributed by atoms with van der Waals surface area (Å²) >= 11 is 3.38. The average molecular weight is 352 g/mol. The van der Waals surface area contributed by atoms with Crippen molar-refractivity contribution in [3.63, 3.8) is 0 Å². The standard InChI is InChI=1S/C14H14BrN3O3/c1-20-12-6-9(3-4-11(12)15)18-13-10(14(19)21-2)5-8(16)7-17-13/h3-7H,16H2,1-2H3,(H,17,18). The first-order chi connectivity index (χ1) is 10.0. The van der Waals surface area contributed by atoms with E-state index >= 15 is 0 Å². The molecule has 2 rings (SSSR count). The van der Waals surface area contributed by atoms with Crippen molar-refractivity contribution in [2.45, 2.75) is 0 Å². The molecule has 1 aromatic heterocycles. The predicted octanol–water partition coefficient (Wildman–Crippen LogP) is 2.97. The monoisotopic (exact) mass is 351 g/mol. The maximum atomic E-state index is 11.8. The first-order valence-corrected chi connectivity index (χ1v) is 6.79. The number of nitrogens with two attached hydrogens (primary N) is 1. The Morgan fingerprint density at radius 2 is 2.10 bits per heavy atom. The summed E-state index contributed by atoms with van der Waals surface area (Å²) in [5.74, 6) is 0.511. The van der Waals surface area contributed by atoms with E-state index in [0.29, 0.717) is 17.3 Å². The fourth-order valence-corrected chi connectivity index (χ4v) is 2.13. The van der Waals surface area contributed by atoms with E-state index in [1.165, 1.54) is 19.4 Å². The van der Waals surface area contributed by atoms with E-state index in [1.807, 2.05) is 12.1 Å². The highest BCUT2D eigenvalue weighted by atomic mass is 79.9. The van der Waals surface area contributed by atoms with Crippen molar-refractivity contribution < 1.29 is 14.3 Å². The number of nitrogens with zero attached hydrogens (tertiary/aromatic N) is 1. The van der Waals surface area contributed by atoms with Crippen LogP contribution in [0.1, 0.15) is 10.4 Å².